The second kappa shape index (κ2) is 6.30. The molecule has 0 heterocycles. The molecule has 0 nitrogen and oxygen atoms in total. The van der Waals surface area contributed by atoms with Gasteiger partial charge in [-0.25, -0.2) is 0 Å². The molecule has 2 aliphatic carbocycles. The van der Waals surface area contributed by atoms with E-state index in [2.05, 4.69) is 75.0 Å². The van der Waals surface area contributed by atoms with Gasteiger partial charge in [0.05, 0.1) is 0 Å². The first kappa shape index (κ1) is 18.8. The highest BCUT2D eigenvalue weighted by atomic mass is 79.9. The molecule has 3 atom stereocenters. The molecule has 130 valence electrons. The summed E-state index contributed by atoms with van der Waals surface area (Å²) < 4.78 is 0.924. The lowest BCUT2D eigenvalue weighted by Gasteiger charge is -2.52. The number of allylic oxidation sites excluding steroid dienone is 4. The van der Waals surface area contributed by atoms with Gasteiger partial charge < -0.3 is 0 Å². The first-order valence-corrected chi connectivity index (χ1v) is 10.1. The van der Waals surface area contributed by atoms with Crippen LogP contribution in [0.3, 0.4) is 0 Å². The lowest BCUT2D eigenvalue weighted by atomic mass is 9.51. The molecule has 0 bridgehead atoms. The Morgan fingerprint density at radius 2 is 2.08 bits per heavy atom. The lowest BCUT2D eigenvalue weighted by molar-refractivity contribution is 0.178. The van der Waals surface area contributed by atoms with E-state index in [1.165, 1.54) is 29.5 Å². The van der Waals surface area contributed by atoms with E-state index < -0.39 is 0 Å². The molecule has 0 saturated heterocycles. The molecule has 0 amide bonds. The van der Waals surface area contributed by atoms with E-state index in [1.807, 2.05) is 6.07 Å². The minimum absolute atomic E-state index is 0.0802. The molecule has 3 rings (SSSR count). The monoisotopic (exact) mass is 394 g/mol. The zero-order chi connectivity index (χ0) is 18.6. The van der Waals surface area contributed by atoms with Crippen LogP contribution in [-0.2, 0) is 5.41 Å². The van der Waals surface area contributed by atoms with Crippen molar-refractivity contribution < 1.29 is 0 Å². The van der Waals surface area contributed by atoms with E-state index in [0.717, 1.165) is 21.9 Å². The van der Waals surface area contributed by atoms with Crippen molar-refractivity contribution in [1.29, 1.82) is 0 Å². The van der Waals surface area contributed by atoms with Crippen molar-refractivity contribution in [3.8, 4) is 0 Å². The summed E-state index contributed by atoms with van der Waals surface area (Å²) in [6.45, 7) is 18.1. The molecule has 2 aliphatic rings. The molecule has 2 radical (unpaired) electrons. The molecule has 1 fully saturated rings. The maximum absolute atomic E-state index is 6.20. The van der Waals surface area contributed by atoms with Crippen LogP contribution in [0, 0.1) is 17.3 Å². The van der Waals surface area contributed by atoms with E-state index in [0.29, 0.717) is 11.8 Å². The third kappa shape index (κ3) is 2.81. The Balaban J connectivity index is 2.37. The van der Waals surface area contributed by atoms with Gasteiger partial charge in [-0.3, -0.25) is 0 Å². The van der Waals surface area contributed by atoms with E-state index in [9.17, 15) is 0 Å². The van der Waals surface area contributed by atoms with Gasteiger partial charge in [-0.15, -0.1) is 0 Å². The lowest BCUT2D eigenvalue weighted by Crippen LogP contribution is -2.45. The Morgan fingerprint density at radius 1 is 1.40 bits per heavy atom. The Morgan fingerprint density at radius 3 is 2.68 bits per heavy atom. The van der Waals surface area contributed by atoms with E-state index in [-0.39, 0.29) is 10.8 Å². The maximum Gasteiger partial charge on any atom is 0.113 e. The van der Waals surface area contributed by atoms with Crippen molar-refractivity contribution in [2.45, 2.75) is 52.4 Å². The fourth-order valence-electron chi connectivity index (χ4n) is 5.77. The van der Waals surface area contributed by atoms with Crippen LogP contribution in [0.25, 0.3) is 5.57 Å². The van der Waals surface area contributed by atoms with Crippen molar-refractivity contribution in [2.24, 2.45) is 17.3 Å². The SMILES string of the molecule is [B]c1ccc2c(c1)[C@]1(C)CC(C)C[C@]1(CC(C)C)/C(=C/C(=C)Br)C2=C. The van der Waals surface area contributed by atoms with Crippen molar-refractivity contribution in [2.75, 3.05) is 0 Å². The van der Waals surface area contributed by atoms with Gasteiger partial charge in [-0.1, -0.05) is 80.4 Å². The fraction of sp³-hybridized carbons (Fsp3) is 0.478. The van der Waals surface area contributed by atoms with Crippen LogP contribution >= 0.6 is 15.9 Å². The highest BCUT2D eigenvalue weighted by Gasteiger charge is 2.60. The van der Waals surface area contributed by atoms with Crippen LogP contribution in [0.5, 0.6) is 0 Å². The smallest absolute Gasteiger partial charge is 0.0963 e. The fourth-order valence-corrected chi connectivity index (χ4v) is 6.00. The summed E-state index contributed by atoms with van der Waals surface area (Å²) in [4.78, 5) is 0. The normalized spacial score (nSPS) is 32.8. The number of benzene rings is 1. The zero-order valence-electron chi connectivity index (χ0n) is 16.0. The van der Waals surface area contributed by atoms with Gasteiger partial charge in [0.1, 0.15) is 7.85 Å². The molecule has 25 heavy (non-hydrogen) atoms. The van der Waals surface area contributed by atoms with E-state index in [1.54, 1.807) is 0 Å². The number of rotatable bonds is 3. The molecule has 0 N–H and O–H groups in total. The third-order valence-corrected chi connectivity index (χ3v) is 6.60. The minimum atomic E-state index is 0.0802. The van der Waals surface area contributed by atoms with Gasteiger partial charge in [0, 0.05) is 15.3 Å². The van der Waals surface area contributed by atoms with Gasteiger partial charge in [-0.05, 0) is 59.4 Å². The van der Waals surface area contributed by atoms with Crippen molar-refractivity contribution in [3.63, 3.8) is 0 Å². The second-order valence-electron chi connectivity index (χ2n) is 8.81. The molecule has 1 aromatic carbocycles. The zero-order valence-corrected chi connectivity index (χ0v) is 17.5. The first-order valence-electron chi connectivity index (χ1n) is 9.27. The minimum Gasteiger partial charge on any atom is -0.0963 e. The predicted octanol–water partition coefficient (Wildman–Crippen LogP) is 6.06. The van der Waals surface area contributed by atoms with Crippen LogP contribution in [0.4, 0.5) is 0 Å². The topological polar surface area (TPSA) is 0 Å². The summed E-state index contributed by atoms with van der Waals surface area (Å²) in [5.41, 5.74) is 6.18. The molecular formula is C23H28BBr. The summed E-state index contributed by atoms with van der Waals surface area (Å²) in [5, 5.41) is 0. The predicted molar refractivity (Wildman–Crippen MR) is 115 cm³/mol. The largest absolute Gasteiger partial charge is 0.113 e. The van der Waals surface area contributed by atoms with Gasteiger partial charge in [0.2, 0.25) is 0 Å². The van der Waals surface area contributed by atoms with Crippen molar-refractivity contribution >= 4 is 34.8 Å². The van der Waals surface area contributed by atoms with Gasteiger partial charge in [0.25, 0.3) is 0 Å². The van der Waals surface area contributed by atoms with Crippen LogP contribution in [0.15, 0.2) is 47.5 Å². The summed E-state index contributed by atoms with van der Waals surface area (Å²) >= 11 is 3.58. The number of halogens is 1. The second-order valence-corrected chi connectivity index (χ2v) is 9.83. The molecule has 1 saturated carbocycles. The molecule has 1 unspecified atom stereocenters. The maximum atomic E-state index is 6.20. The van der Waals surface area contributed by atoms with Gasteiger partial charge >= 0.3 is 0 Å². The molecule has 1 aromatic rings. The Hall–Kier alpha value is -1.02. The van der Waals surface area contributed by atoms with E-state index >= 15 is 0 Å². The Labute approximate surface area is 163 Å². The third-order valence-electron chi connectivity index (χ3n) is 6.37. The molecular weight excluding hydrogens is 367 g/mol. The molecule has 0 spiro atoms. The quantitative estimate of drug-likeness (QED) is 0.546. The van der Waals surface area contributed by atoms with Gasteiger partial charge in [-0.2, -0.15) is 0 Å². The molecule has 0 aliphatic heterocycles. The van der Waals surface area contributed by atoms with Crippen LogP contribution in [-0.4, -0.2) is 7.85 Å². The summed E-state index contributed by atoms with van der Waals surface area (Å²) in [7, 11) is 6.20. The highest BCUT2D eigenvalue weighted by Crippen LogP contribution is 2.68. The number of hydrogen-bond acceptors (Lipinski definition) is 0. The first-order chi connectivity index (χ1) is 11.6. The number of hydrogen-bond donors (Lipinski definition) is 0. The highest BCUT2D eigenvalue weighted by molar-refractivity contribution is 9.11. The van der Waals surface area contributed by atoms with E-state index in [4.69, 9.17) is 7.85 Å². The molecule has 2 heteroatoms. The summed E-state index contributed by atoms with van der Waals surface area (Å²) in [6.07, 6.45) is 5.77. The van der Waals surface area contributed by atoms with Crippen LogP contribution in [0.2, 0.25) is 0 Å². The average molecular weight is 395 g/mol. The van der Waals surface area contributed by atoms with Gasteiger partial charge in [0.15, 0.2) is 0 Å². The van der Waals surface area contributed by atoms with Crippen LogP contribution < -0.4 is 5.46 Å². The Bertz CT molecular complexity index is 772. The standard InChI is InChI=1S/C23H28BBr/c1-14(2)11-23-13-15(3)12-22(23,6)21-10-18(24)7-8-19(21)17(5)20(23)9-16(4)25/h7-10,14-15H,4-5,11-13H2,1-3,6H3/b20-9+/t15?,22-,23+/m0/s1. The Kier molecular flexibility index (Phi) is 4.73. The van der Waals surface area contributed by atoms with Crippen LogP contribution in [0.1, 0.15) is 58.1 Å². The molecule has 0 aromatic heterocycles. The summed E-state index contributed by atoms with van der Waals surface area (Å²) in [6, 6.07) is 6.36. The van der Waals surface area contributed by atoms with Crippen molar-refractivity contribution in [1.82, 2.24) is 0 Å². The number of fused-ring (bicyclic) bond motifs is 3. The summed E-state index contributed by atoms with van der Waals surface area (Å²) in [5.74, 6) is 1.29. The average Bonchev–Trinajstić information content (AvgIpc) is 2.75. The van der Waals surface area contributed by atoms with Crippen molar-refractivity contribution in [3.05, 3.63) is 58.6 Å².